The van der Waals surface area contributed by atoms with Crippen LogP contribution in [0.2, 0.25) is 0 Å². The van der Waals surface area contributed by atoms with E-state index in [0.29, 0.717) is 0 Å². The molecule has 0 saturated carbocycles. The molecule has 2 rings (SSSR count). The highest BCUT2D eigenvalue weighted by molar-refractivity contribution is 7.22. The van der Waals surface area contributed by atoms with Gasteiger partial charge in [-0.25, -0.2) is 0 Å². The minimum atomic E-state index is 0.0871. The lowest BCUT2D eigenvalue weighted by atomic mass is 10.2. The number of aryl methyl sites for hydroxylation is 2. The van der Waals surface area contributed by atoms with Gasteiger partial charge in [-0.3, -0.25) is 4.79 Å². The molecule has 0 radical (unpaired) electrons. The second-order valence-corrected chi connectivity index (χ2v) is 6.52. The van der Waals surface area contributed by atoms with Gasteiger partial charge < -0.3 is 0 Å². The largest absolute Gasteiger partial charge is 0.295 e. The zero-order valence-corrected chi connectivity index (χ0v) is 11.7. The van der Waals surface area contributed by atoms with Gasteiger partial charge >= 0.3 is 0 Å². The topological polar surface area (TPSA) is 17.1 Å². The Balaban J connectivity index is 2.33. The van der Waals surface area contributed by atoms with Gasteiger partial charge in [-0.15, -0.1) is 22.7 Å². The van der Waals surface area contributed by atoms with Crippen LogP contribution in [0.5, 0.6) is 0 Å². The maximum Gasteiger partial charge on any atom is 0.152 e. The van der Waals surface area contributed by atoms with Crippen LogP contribution in [0.3, 0.4) is 0 Å². The highest BCUT2D eigenvalue weighted by Gasteiger charge is 2.07. The van der Waals surface area contributed by atoms with Gasteiger partial charge in [0.05, 0.1) is 0 Å². The molecule has 88 valence electrons. The third-order valence-corrected chi connectivity index (χ3v) is 4.70. The van der Waals surface area contributed by atoms with Crippen molar-refractivity contribution >= 4 is 34.5 Å². The van der Waals surface area contributed by atoms with E-state index in [2.05, 4.69) is 32.0 Å². The first-order chi connectivity index (χ1) is 8.06. The molecule has 0 aliphatic heterocycles. The lowest BCUT2D eigenvalue weighted by molar-refractivity contribution is -0.112. The van der Waals surface area contributed by atoms with E-state index in [1.54, 1.807) is 35.7 Å². The van der Waals surface area contributed by atoms with E-state index in [-0.39, 0.29) is 5.78 Å². The van der Waals surface area contributed by atoms with Crippen LogP contribution in [0.25, 0.3) is 15.8 Å². The van der Waals surface area contributed by atoms with Crippen molar-refractivity contribution in [1.82, 2.24) is 0 Å². The molecule has 17 heavy (non-hydrogen) atoms. The van der Waals surface area contributed by atoms with Gasteiger partial charge in [0, 0.05) is 19.5 Å². The Hall–Kier alpha value is -1.19. The highest BCUT2D eigenvalue weighted by atomic mass is 32.1. The van der Waals surface area contributed by atoms with Crippen LogP contribution in [0.1, 0.15) is 22.2 Å². The molecule has 0 fully saturated rings. The number of ketones is 1. The number of rotatable bonds is 3. The second-order valence-electron chi connectivity index (χ2n) is 3.98. The molecule has 0 N–H and O–H groups in total. The average molecular weight is 262 g/mol. The summed E-state index contributed by atoms with van der Waals surface area (Å²) in [7, 11) is 0. The molecule has 3 heteroatoms. The molecular weight excluding hydrogens is 248 g/mol. The van der Waals surface area contributed by atoms with Crippen LogP contribution in [-0.2, 0) is 4.79 Å². The number of carbonyl (C=O) groups is 1. The van der Waals surface area contributed by atoms with Gasteiger partial charge in [0.1, 0.15) is 0 Å². The van der Waals surface area contributed by atoms with Crippen molar-refractivity contribution in [2.24, 2.45) is 0 Å². The smallest absolute Gasteiger partial charge is 0.152 e. The molecule has 0 atom stereocenters. The first-order valence-electron chi connectivity index (χ1n) is 5.42. The summed E-state index contributed by atoms with van der Waals surface area (Å²) in [6.07, 6.45) is 3.52. The van der Waals surface area contributed by atoms with Crippen LogP contribution in [0.4, 0.5) is 0 Å². The Bertz CT molecular complexity index is 573. The molecule has 0 saturated heterocycles. The summed E-state index contributed by atoms with van der Waals surface area (Å²) < 4.78 is 0. The molecule has 0 aromatic carbocycles. The van der Waals surface area contributed by atoms with Crippen molar-refractivity contribution in [3.63, 3.8) is 0 Å². The number of allylic oxidation sites excluding steroid dienone is 1. The van der Waals surface area contributed by atoms with Crippen LogP contribution >= 0.6 is 22.7 Å². The third kappa shape index (κ3) is 2.93. The zero-order chi connectivity index (χ0) is 12.4. The fraction of sp³-hybridized carbons (Fsp3) is 0.214. The molecule has 0 spiro atoms. The molecule has 2 aromatic rings. The van der Waals surface area contributed by atoms with Crippen LogP contribution in [0, 0.1) is 13.8 Å². The summed E-state index contributed by atoms with van der Waals surface area (Å²) >= 11 is 3.59. The number of thiophene rings is 2. The summed E-state index contributed by atoms with van der Waals surface area (Å²) in [5.74, 6) is 0.0871. The van der Waals surface area contributed by atoms with Gasteiger partial charge in [-0.05, 0) is 50.6 Å². The van der Waals surface area contributed by atoms with Crippen molar-refractivity contribution < 1.29 is 4.79 Å². The van der Waals surface area contributed by atoms with Gasteiger partial charge in [-0.2, -0.15) is 0 Å². The van der Waals surface area contributed by atoms with Gasteiger partial charge in [0.15, 0.2) is 5.78 Å². The second kappa shape index (κ2) is 4.98. The van der Waals surface area contributed by atoms with E-state index < -0.39 is 0 Å². The molecule has 1 nitrogen and oxygen atoms in total. The van der Waals surface area contributed by atoms with Gasteiger partial charge in [0.25, 0.3) is 0 Å². The van der Waals surface area contributed by atoms with Crippen LogP contribution in [-0.4, -0.2) is 5.78 Å². The van der Waals surface area contributed by atoms with E-state index in [0.717, 1.165) is 5.56 Å². The van der Waals surface area contributed by atoms with Gasteiger partial charge in [-0.1, -0.05) is 6.08 Å². The minimum absolute atomic E-state index is 0.0871. The highest BCUT2D eigenvalue weighted by Crippen LogP contribution is 2.35. The van der Waals surface area contributed by atoms with Crippen molar-refractivity contribution in [3.05, 3.63) is 39.6 Å². The first kappa shape index (κ1) is 12.3. The van der Waals surface area contributed by atoms with Crippen molar-refractivity contribution in [1.29, 1.82) is 0 Å². The molecule has 0 bridgehead atoms. The lowest BCUT2D eigenvalue weighted by Crippen LogP contribution is -1.79. The third-order valence-electron chi connectivity index (χ3n) is 2.44. The monoisotopic (exact) mass is 262 g/mol. The quantitative estimate of drug-likeness (QED) is 0.733. The Morgan fingerprint density at radius 3 is 2.53 bits per heavy atom. The molecular formula is C14H14OS2. The minimum Gasteiger partial charge on any atom is -0.295 e. The fourth-order valence-electron chi connectivity index (χ4n) is 1.56. The molecule has 0 amide bonds. The molecule has 0 unspecified atom stereocenters. The molecule has 0 aliphatic carbocycles. The van der Waals surface area contributed by atoms with E-state index in [9.17, 15) is 4.79 Å². The number of hydrogen-bond acceptors (Lipinski definition) is 3. The maximum atomic E-state index is 10.9. The van der Waals surface area contributed by atoms with Crippen molar-refractivity contribution in [2.75, 3.05) is 0 Å². The van der Waals surface area contributed by atoms with E-state index in [1.165, 1.54) is 19.5 Å². The predicted octanol–water partition coefficient (Wildman–Crippen LogP) is 4.70. The van der Waals surface area contributed by atoms with Crippen LogP contribution < -0.4 is 0 Å². The van der Waals surface area contributed by atoms with Crippen molar-refractivity contribution in [2.45, 2.75) is 20.8 Å². The Morgan fingerprint density at radius 2 is 1.94 bits per heavy atom. The summed E-state index contributed by atoms with van der Waals surface area (Å²) in [5, 5.41) is 0. The maximum absolute atomic E-state index is 10.9. The molecule has 2 heterocycles. The Morgan fingerprint density at radius 1 is 1.18 bits per heavy atom. The standard InChI is InChI=1S/C14H14OS2/c1-9(15)4-6-12-8-14(17-11(12)3)13-7-5-10(2)16-13/h4-8H,1-3H3/b6-4+. The first-order valence-corrected chi connectivity index (χ1v) is 7.05. The van der Waals surface area contributed by atoms with Gasteiger partial charge in [0.2, 0.25) is 0 Å². The van der Waals surface area contributed by atoms with Crippen LogP contribution in [0.15, 0.2) is 24.3 Å². The van der Waals surface area contributed by atoms with E-state index in [1.807, 2.05) is 6.08 Å². The SMILES string of the molecule is CC(=O)/C=C/c1cc(-c2ccc(C)s2)sc1C. The zero-order valence-electron chi connectivity index (χ0n) is 10.1. The summed E-state index contributed by atoms with van der Waals surface area (Å²) in [6, 6.07) is 6.45. The summed E-state index contributed by atoms with van der Waals surface area (Å²) in [5.41, 5.74) is 1.14. The summed E-state index contributed by atoms with van der Waals surface area (Å²) in [4.78, 5) is 16.1. The fourth-order valence-corrected chi connectivity index (χ4v) is 3.51. The Kier molecular flexibility index (Phi) is 3.60. The van der Waals surface area contributed by atoms with Crippen molar-refractivity contribution in [3.8, 4) is 9.75 Å². The Labute approximate surface area is 109 Å². The average Bonchev–Trinajstić information content (AvgIpc) is 2.82. The molecule has 0 aliphatic rings. The summed E-state index contributed by atoms with van der Waals surface area (Å²) in [6.45, 7) is 5.78. The number of hydrogen-bond donors (Lipinski definition) is 0. The normalized spacial score (nSPS) is 11.2. The van der Waals surface area contributed by atoms with E-state index in [4.69, 9.17) is 0 Å². The van der Waals surface area contributed by atoms with E-state index >= 15 is 0 Å². The predicted molar refractivity (Wildman–Crippen MR) is 76.8 cm³/mol. The molecule has 2 aromatic heterocycles. The number of carbonyl (C=O) groups excluding carboxylic acids is 1. The lowest BCUT2D eigenvalue weighted by Gasteiger charge is -1.87.